The Hall–Kier alpha value is -1.63. The highest BCUT2D eigenvalue weighted by Gasteiger charge is 2.69. The molecular formula is C44H70O23. The molecule has 8 fully saturated rings. The second kappa shape index (κ2) is 19.4. The van der Waals surface area contributed by atoms with Gasteiger partial charge in [-0.25, -0.2) is 0 Å². The van der Waals surface area contributed by atoms with Crippen molar-refractivity contribution in [2.24, 2.45) is 28.1 Å². The van der Waals surface area contributed by atoms with Crippen LogP contribution in [0.25, 0.3) is 0 Å². The minimum atomic E-state index is -1.90. The van der Waals surface area contributed by atoms with Gasteiger partial charge in [0.2, 0.25) is 6.29 Å². The van der Waals surface area contributed by atoms with Crippen LogP contribution in [-0.4, -0.2) is 232 Å². The largest absolute Gasteiger partial charge is 0.432 e. The number of aliphatic hydroxyl groups is 14. The summed E-state index contributed by atoms with van der Waals surface area (Å²) in [5.74, 6) is -0.927. The fourth-order valence-electron chi connectivity index (χ4n) is 13.5. The summed E-state index contributed by atoms with van der Waals surface area (Å²) in [5, 5.41) is 147. The minimum Gasteiger partial charge on any atom is -0.432 e. The summed E-state index contributed by atoms with van der Waals surface area (Å²) < 4.78 is 47.6. The minimum absolute atomic E-state index is 0.0251. The van der Waals surface area contributed by atoms with Crippen LogP contribution in [0.5, 0.6) is 0 Å². The standard InChI is InChI=1S/C44H70O23/c1-17-11-43-9-5-22-41(2,7-4-8-42(22,3)40(59)66-38-34(30(55)26(51)20(14-47)62-38)64-36-32(57)28(53)24(49)18(12-45)60-36)23(43)6-10-44(17,16-43)67-39-35(31(56)27(52)21(15-48)63-39)65-37-33(58)29(54)25(50)19(13-46)61-37/h18-39,45-58H,1,4-16H2,2-3H3/t18-,19-,20-,21-,22?,23+,24-,25-,26-,27-,28+,29+,30+,31+,32-,33-,34-,35-,36+,37+,38+,39+,41-,42?,43?,44+/m1/s1. The fourth-order valence-corrected chi connectivity index (χ4v) is 13.5. The summed E-state index contributed by atoms with van der Waals surface area (Å²) in [7, 11) is 0. The van der Waals surface area contributed by atoms with E-state index in [1.54, 1.807) is 0 Å². The van der Waals surface area contributed by atoms with Gasteiger partial charge in [-0.15, -0.1) is 0 Å². The molecule has 26 atom stereocenters. The zero-order valence-electron chi connectivity index (χ0n) is 37.5. The third kappa shape index (κ3) is 8.63. The molecule has 4 saturated heterocycles. The zero-order valence-corrected chi connectivity index (χ0v) is 37.5. The second-order valence-corrected chi connectivity index (χ2v) is 20.8. The Morgan fingerprint density at radius 2 is 1.01 bits per heavy atom. The molecule has 23 nitrogen and oxygen atoms in total. The Morgan fingerprint density at radius 1 is 0.567 bits per heavy atom. The van der Waals surface area contributed by atoms with E-state index in [0.717, 1.165) is 12.0 Å². The van der Waals surface area contributed by atoms with E-state index in [1.165, 1.54) is 0 Å². The van der Waals surface area contributed by atoms with Crippen LogP contribution >= 0.6 is 0 Å². The third-order valence-electron chi connectivity index (χ3n) is 17.1. The number of rotatable bonds is 12. The van der Waals surface area contributed by atoms with Gasteiger partial charge < -0.3 is 109 Å². The molecule has 0 aromatic rings. The van der Waals surface area contributed by atoms with Crippen LogP contribution in [0, 0.1) is 28.1 Å². The van der Waals surface area contributed by atoms with Crippen molar-refractivity contribution in [1.29, 1.82) is 0 Å². The van der Waals surface area contributed by atoms with E-state index in [0.29, 0.717) is 51.4 Å². The molecule has 23 heteroatoms. The van der Waals surface area contributed by atoms with Gasteiger partial charge in [-0.05, 0) is 86.5 Å². The van der Waals surface area contributed by atoms with Gasteiger partial charge in [0.15, 0.2) is 25.0 Å². The Morgan fingerprint density at radius 3 is 1.52 bits per heavy atom. The highest BCUT2D eigenvalue weighted by molar-refractivity contribution is 5.77. The summed E-state index contributed by atoms with van der Waals surface area (Å²) in [6, 6.07) is 0. The fraction of sp³-hybridized carbons (Fsp3) is 0.932. The van der Waals surface area contributed by atoms with E-state index in [1.807, 2.05) is 6.92 Å². The van der Waals surface area contributed by atoms with Crippen molar-refractivity contribution in [1.82, 2.24) is 0 Å². The highest BCUT2D eigenvalue weighted by atomic mass is 16.8. The van der Waals surface area contributed by atoms with Crippen molar-refractivity contribution in [2.45, 2.75) is 200 Å². The summed E-state index contributed by atoms with van der Waals surface area (Å²) in [6.07, 6.45) is -28.3. The van der Waals surface area contributed by atoms with Crippen LogP contribution in [0.3, 0.4) is 0 Å². The highest BCUT2D eigenvalue weighted by Crippen LogP contribution is 2.73. The molecule has 4 saturated carbocycles. The van der Waals surface area contributed by atoms with Crippen LogP contribution in [0.4, 0.5) is 0 Å². The maximum Gasteiger partial charge on any atom is 0.314 e. The van der Waals surface area contributed by atoms with Crippen molar-refractivity contribution >= 4 is 5.97 Å². The molecule has 8 aliphatic rings. The van der Waals surface area contributed by atoms with E-state index in [2.05, 4.69) is 13.5 Å². The number of hydrogen-bond acceptors (Lipinski definition) is 23. The van der Waals surface area contributed by atoms with Gasteiger partial charge in [0.05, 0.1) is 37.4 Å². The van der Waals surface area contributed by atoms with E-state index in [-0.39, 0.29) is 17.3 Å². The Labute approximate surface area is 386 Å². The van der Waals surface area contributed by atoms with Gasteiger partial charge in [0, 0.05) is 0 Å². The second-order valence-electron chi connectivity index (χ2n) is 20.8. The Balaban J connectivity index is 1.01. The topological polar surface area (TPSA) is 374 Å². The van der Waals surface area contributed by atoms with E-state index in [9.17, 15) is 76.3 Å². The molecule has 0 aromatic heterocycles. The SMILES string of the molecule is C=C1CC23CCC4C(C)(C(=O)O[C@@H]5O[C@H](CO)[C@@H](O)[C@H](O)[C@H]5O[C@@H]5O[C@H](CO)[C@@H](O)[C@H](O)[C@H]5O)CCC[C@@]4(C)[C@@H]2CC[C@]1(O[C@@H]1O[C@H](CO)[C@@H](O)[C@H](O)[C@H]1O[C@@H]1O[C@H](CO)[C@@H](O)[C@H](O)[C@H]1O)C3. The summed E-state index contributed by atoms with van der Waals surface area (Å²) >= 11 is 0. The Bertz CT molecular complexity index is 1760. The zero-order chi connectivity index (χ0) is 48.7. The first-order valence-electron chi connectivity index (χ1n) is 23.4. The molecule has 4 heterocycles. The van der Waals surface area contributed by atoms with Crippen LogP contribution in [-0.2, 0) is 42.7 Å². The van der Waals surface area contributed by atoms with Gasteiger partial charge in [0.1, 0.15) is 91.6 Å². The molecular weight excluding hydrogens is 896 g/mol. The van der Waals surface area contributed by atoms with E-state index in [4.69, 9.17) is 37.9 Å². The summed E-state index contributed by atoms with van der Waals surface area (Å²) in [6.45, 7) is 5.47. The molecule has 1 spiro atoms. The molecule has 2 bridgehead atoms. The van der Waals surface area contributed by atoms with Crippen LogP contribution in [0.2, 0.25) is 0 Å². The number of hydrogen-bond donors (Lipinski definition) is 14. The van der Waals surface area contributed by atoms with Gasteiger partial charge in [-0.3, -0.25) is 4.79 Å². The normalized spacial score (nSPS) is 54.5. The first-order chi connectivity index (χ1) is 31.6. The predicted octanol–water partition coefficient (Wildman–Crippen LogP) is -5.11. The number of carbonyl (C=O) groups is 1. The van der Waals surface area contributed by atoms with Gasteiger partial charge in [-0.2, -0.15) is 0 Å². The van der Waals surface area contributed by atoms with Crippen molar-refractivity contribution in [2.75, 3.05) is 26.4 Å². The molecule has 0 radical (unpaired) electrons. The number of carbonyl (C=O) groups excluding carboxylic acids is 1. The molecule has 8 rings (SSSR count). The monoisotopic (exact) mass is 966 g/mol. The summed E-state index contributed by atoms with van der Waals surface area (Å²) in [5.41, 5.74) is -2.29. The van der Waals surface area contributed by atoms with Crippen molar-refractivity contribution in [3.05, 3.63) is 12.2 Å². The first-order valence-corrected chi connectivity index (χ1v) is 23.4. The molecule has 3 unspecified atom stereocenters. The average Bonchev–Trinajstić information content (AvgIpc) is 3.50. The van der Waals surface area contributed by atoms with Gasteiger partial charge >= 0.3 is 5.97 Å². The predicted molar refractivity (Wildman–Crippen MR) is 219 cm³/mol. The van der Waals surface area contributed by atoms with Gasteiger partial charge in [0.25, 0.3) is 0 Å². The molecule has 67 heavy (non-hydrogen) atoms. The van der Waals surface area contributed by atoms with Crippen LogP contribution in [0.1, 0.15) is 71.6 Å². The lowest BCUT2D eigenvalue weighted by molar-refractivity contribution is -0.378. The lowest BCUT2D eigenvalue weighted by atomic mass is 9.41. The molecule has 0 amide bonds. The first kappa shape index (κ1) is 51.7. The van der Waals surface area contributed by atoms with E-state index >= 15 is 0 Å². The molecule has 384 valence electrons. The number of aliphatic hydroxyl groups excluding tert-OH is 14. The Kier molecular flexibility index (Phi) is 15.0. The number of ether oxygens (including phenoxy) is 8. The molecule has 4 aliphatic carbocycles. The maximum atomic E-state index is 14.7. The van der Waals surface area contributed by atoms with Crippen molar-refractivity contribution < 1.29 is 114 Å². The smallest absolute Gasteiger partial charge is 0.314 e. The van der Waals surface area contributed by atoms with Crippen molar-refractivity contribution in [3.8, 4) is 0 Å². The van der Waals surface area contributed by atoms with Crippen molar-refractivity contribution in [3.63, 3.8) is 0 Å². The van der Waals surface area contributed by atoms with E-state index < -0.39 is 172 Å². The lowest BCUT2D eigenvalue weighted by Gasteiger charge is -2.64. The molecule has 0 aromatic carbocycles. The average molecular weight is 967 g/mol. The lowest BCUT2D eigenvalue weighted by Crippen LogP contribution is -2.66. The quantitative estimate of drug-likeness (QED) is 0.0494. The molecule has 4 aliphatic heterocycles. The van der Waals surface area contributed by atoms with Crippen LogP contribution < -0.4 is 0 Å². The number of esters is 1. The third-order valence-corrected chi connectivity index (χ3v) is 17.1. The van der Waals surface area contributed by atoms with Crippen LogP contribution in [0.15, 0.2) is 12.2 Å². The molecule has 14 N–H and O–H groups in total. The van der Waals surface area contributed by atoms with Gasteiger partial charge in [-0.1, -0.05) is 19.9 Å². The summed E-state index contributed by atoms with van der Waals surface area (Å²) in [4.78, 5) is 14.7. The number of fused-ring (bicyclic) bond motifs is 3. The maximum absolute atomic E-state index is 14.7.